The molecule has 0 bridgehead atoms. The van der Waals surface area contributed by atoms with Crippen LogP contribution in [0.15, 0.2) is 76.4 Å². The number of allylic oxidation sites excluding steroid dienone is 4. The Kier molecular flexibility index (Phi) is 7.05. The van der Waals surface area contributed by atoms with Gasteiger partial charge in [-0.3, -0.25) is 4.79 Å². The minimum atomic E-state index is -0.509. The van der Waals surface area contributed by atoms with Gasteiger partial charge in [0.15, 0.2) is 0 Å². The molecule has 5 rings (SSSR count). The molecule has 3 aliphatic rings. The third kappa shape index (κ3) is 5.86. The summed E-state index contributed by atoms with van der Waals surface area (Å²) in [6.07, 6.45) is 9.22. The fraction of sp³-hybridized carbons (Fsp3) is 0.357. The Balaban J connectivity index is 1.31. The second-order valence-corrected chi connectivity index (χ2v) is 11.8. The summed E-state index contributed by atoms with van der Waals surface area (Å²) in [7, 11) is 0. The number of halogens is 1. The van der Waals surface area contributed by atoms with Gasteiger partial charge in [0.25, 0.3) is 5.91 Å². The van der Waals surface area contributed by atoms with Gasteiger partial charge in [0, 0.05) is 53.9 Å². The fourth-order valence-electron chi connectivity index (χ4n) is 4.66. The van der Waals surface area contributed by atoms with Crippen LogP contribution in [0.4, 0.5) is 4.79 Å². The lowest BCUT2D eigenvalue weighted by atomic mass is 9.82. The van der Waals surface area contributed by atoms with Gasteiger partial charge < -0.3 is 15.0 Å². The number of carbonyl (C=O) groups is 2. The summed E-state index contributed by atoms with van der Waals surface area (Å²) in [6, 6.07) is 7.84. The molecule has 2 atom stereocenters. The van der Waals surface area contributed by atoms with E-state index in [1.807, 2.05) is 68.8 Å². The number of nitrogens with one attached hydrogen (secondary N) is 1. The van der Waals surface area contributed by atoms with Crippen LogP contribution in [-0.4, -0.2) is 52.8 Å². The first-order valence-electron chi connectivity index (χ1n) is 12.3. The number of likely N-dealkylation sites (tertiary alicyclic amines) is 1. The highest BCUT2D eigenvalue weighted by Crippen LogP contribution is 2.38. The van der Waals surface area contributed by atoms with E-state index in [4.69, 9.17) is 16.3 Å². The predicted octanol–water partition coefficient (Wildman–Crippen LogP) is 5.36. The van der Waals surface area contributed by atoms with Crippen molar-refractivity contribution in [1.29, 1.82) is 0 Å². The molecule has 3 heterocycles. The Morgan fingerprint density at radius 1 is 1.24 bits per heavy atom. The Bertz CT molecular complexity index is 1300. The number of hydrogen-bond acceptors (Lipinski definition) is 6. The lowest BCUT2D eigenvalue weighted by molar-refractivity contribution is -0.113. The summed E-state index contributed by atoms with van der Waals surface area (Å²) < 4.78 is 5.44. The highest BCUT2D eigenvalue weighted by molar-refractivity contribution is 7.09. The Hall–Kier alpha value is -3.23. The van der Waals surface area contributed by atoms with Crippen LogP contribution in [0.1, 0.15) is 37.3 Å². The van der Waals surface area contributed by atoms with Crippen LogP contribution in [0.2, 0.25) is 5.02 Å². The minimum Gasteiger partial charge on any atom is -0.444 e. The summed E-state index contributed by atoms with van der Waals surface area (Å²) >= 11 is 7.76. The number of aromatic nitrogens is 1. The van der Waals surface area contributed by atoms with Crippen molar-refractivity contribution in [2.24, 2.45) is 16.8 Å². The quantitative estimate of drug-likeness (QED) is 0.537. The predicted molar refractivity (Wildman–Crippen MR) is 146 cm³/mol. The number of benzene rings is 1. The molecule has 2 aromatic rings. The van der Waals surface area contributed by atoms with E-state index in [1.165, 1.54) is 0 Å². The Morgan fingerprint density at radius 3 is 2.68 bits per heavy atom. The summed E-state index contributed by atoms with van der Waals surface area (Å²) in [4.78, 5) is 35.1. The lowest BCUT2D eigenvalue weighted by Gasteiger charge is -2.40. The van der Waals surface area contributed by atoms with Crippen LogP contribution in [0.3, 0.4) is 0 Å². The molecule has 2 aliphatic heterocycles. The lowest BCUT2D eigenvalue weighted by Crippen LogP contribution is -2.54. The first-order valence-corrected chi connectivity index (χ1v) is 13.5. The van der Waals surface area contributed by atoms with E-state index in [-0.39, 0.29) is 29.8 Å². The standard InChI is InChI=1S/C28H29ClN4O3S/c1-28(2,3)36-27(35)33-15-17(16-33)14-31-23-13-24(34)32-22-9-6-19(12-21(22)23)25(26-30-10-11-37-26)18-4-7-20(29)8-5-18/h4-13,17,21,25,31H,14-16H2,1-3H3. The van der Waals surface area contributed by atoms with Crippen molar-refractivity contribution in [2.45, 2.75) is 32.3 Å². The number of amides is 2. The van der Waals surface area contributed by atoms with Crippen LogP contribution in [0, 0.1) is 11.8 Å². The highest BCUT2D eigenvalue weighted by Gasteiger charge is 2.35. The molecule has 1 N–H and O–H groups in total. The molecule has 2 unspecified atom stereocenters. The number of carbonyl (C=O) groups excluding carboxylic acids is 2. The fourth-order valence-corrected chi connectivity index (χ4v) is 5.57. The highest BCUT2D eigenvalue weighted by atomic mass is 35.5. The van der Waals surface area contributed by atoms with Crippen molar-refractivity contribution in [3.8, 4) is 0 Å². The molecule has 7 nitrogen and oxygen atoms in total. The van der Waals surface area contributed by atoms with Gasteiger partial charge in [-0.1, -0.05) is 35.9 Å². The van der Waals surface area contributed by atoms with Crippen molar-refractivity contribution in [1.82, 2.24) is 15.2 Å². The number of aliphatic imine (C=N–C) groups is 1. The number of dihydropyridines is 1. The molecule has 192 valence electrons. The molecule has 1 aliphatic carbocycles. The smallest absolute Gasteiger partial charge is 0.410 e. The maximum absolute atomic E-state index is 12.3. The van der Waals surface area contributed by atoms with Crippen LogP contribution >= 0.6 is 22.9 Å². The van der Waals surface area contributed by atoms with Crippen LogP contribution in [0.25, 0.3) is 0 Å². The van der Waals surface area contributed by atoms with Gasteiger partial charge >= 0.3 is 6.09 Å². The molecular formula is C28H29ClN4O3S. The zero-order valence-corrected chi connectivity index (χ0v) is 22.6. The van der Waals surface area contributed by atoms with Crippen molar-refractivity contribution < 1.29 is 14.3 Å². The molecule has 1 aromatic heterocycles. The zero-order chi connectivity index (χ0) is 26.2. The normalized spacial score (nSPS) is 20.3. The maximum Gasteiger partial charge on any atom is 0.410 e. The molecule has 37 heavy (non-hydrogen) atoms. The van der Waals surface area contributed by atoms with Crippen molar-refractivity contribution in [2.75, 3.05) is 19.6 Å². The molecule has 1 aromatic carbocycles. The molecule has 1 saturated heterocycles. The third-order valence-electron chi connectivity index (χ3n) is 6.42. The number of thiazole rings is 1. The summed E-state index contributed by atoms with van der Waals surface area (Å²) in [5.41, 5.74) is 3.21. The zero-order valence-electron chi connectivity index (χ0n) is 21.0. The SMILES string of the molecule is CC(C)(C)OC(=O)N1CC(CNC2=CC(=O)N=C3C=CC(C(c4ccc(Cl)cc4)c4nccs4)=CC23)C1. The second-order valence-electron chi connectivity index (χ2n) is 10.4. The first kappa shape index (κ1) is 25.4. The third-order valence-corrected chi connectivity index (χ3v) is 7.51. The van der Waals surface area contributed by atoms with E-state index in [0.29, 0.717) is 24.7 Å². The Labute approximate surface area is 225 Å². The van der Waals surface area contributed by atoms with Gasteiger partial charge in [-0.2, -0.15) is 0 Å². The maximum atomic E-state index is 12.3. The number of nitrogens with zero attached hydrogens (tertiary/aromatic N) is 3. The van der Waals surface area contributed by atoms with E-state index in [9.17, 15) is 9.59 Å². The molecule has 1 fully saturated rings. The van der Waals surface area contributed by atoms with Gasteiger partial charge in [-0.15, -0.1) is 11.3 Å². The van der Waals surface area contributed by atoms with Gasteiger partial charge in [-0.05, 0) is 50.1 Å². The van der Waals surface area contributed by atoms with E-state index in [0.717, 1.165) is 27.6 Å². The van der Waals surface area contributed by atoms with Gasteiger partial charge in [0.05, 0.1) is 17.5 Å². The summed E-state index contributed by atoms with van der Waals surface area (Å²) in [5, 5.41) is 7.12. The topological polar surface area (TPSA) is 83.9 Å². The summed E-state index contributed by atoms with van der Waals surface area (Å²) in [5.74, 6) is -0.198. The number of ether oxygens (including phenoxy) is 1. The average molecular weight is 537 g/mol. The van der Waals surface area contributed by atoms with E-state index < -0.39 is 5.60 Å². The number of fused-ring (bicyclic) bond motifs is 1. The molecule has 0 radical (unpaired) electrons. The van der Waals surface area contributed by atoms with E-state index >= 15 is 0 Å². The van der Waals surface area contributed by atoms with Gasteiger partial charge in [0.1, 0.15) is 10.6 Å². The van der Waals surface area contributed by atoms with E-state index in [1.54, 1.807) is 22.3 Å². The van der Waals surface area contributed by atoms with Crippen molar-refractivity contribution in [3.63, 3.8) is 0 Å². The van der Waals surface area contributed by atoms with Crippen molar-refractivity contribution >= 4 is 40.6 Å². The molecule has 0 spiro atoms. The average Bonchev–Trinajstić information content (AvgIpc) is 3.32. The van der Waals surface area contributed by atoms with Gasteiger partial charge in [0.2, 0.25) is 0 Å². The monoisotopic (exact) mass is 536 g/mol. The molecule has 0 saturated carbocycles. The molecular weight excluding hydrogens is 508 g/mol. The molecule has 2 amide bonds. The molecule has 9 heteroatoms. The second kappa shape index (κ2) is 10.3. The van der Waals surface area contributed by atoms with Crippen LogP contribution in [0.5, 0.6) is 0 Å². The van der Waals surface area contributed by atoms with Crippen molar-refractivity contribution in [3.05, 3.63) is 87.0 Å². The number of hydrogen-bond donors (Lipinski definition) is 1. The van der Waals surface area contributed by atoms with Gasteiger partial charge in [-0.25, -0.2) is 14.8 Å². The first-order chi connectivity index (χ1) is 17.7. The number of rotatable bonds is 6. The minimum absolute atomic E-state index is 0.0528. The largest absolute Gasteiger partial charge is 0.444 e. The summed E-state index contributed by atoms with van der Waals surface area (Å²) in [6.45, 7) is 7.49. The van der Waals surface area contributed by atoms with E-state index in [2.05, 4.69) is 21.4 Å². The van der Waals surface area contributed by atoms with Crippen LogP contribution < -0.4 is 5.32 Å². The Morgan fingerprint density at radius 2 is 2.00 bits per heavy atom. The van der Waals surface area contributed by atoms with Crippen LogP contribution in [-0.2, 0) is 9.53 Å².